The summed E-state index contributed by atoms with van der Waals surface area (Å²) in [6.45, 7) is 15.9. The second kappa shape index (κ2) is 22.2. The van der Waals surface area contributed by atoms with Gasteiger partial charge in [-0.3, -0.25) is 0 Å². The average molecular weight is 858 g/mol. The first-order valence-electron chi connectivity index (χ1n) is 17.5. The standard InChI is InChI=1S/C17H24BrNO3.C17H22BrNO2.C4H7BO.CH3O.Na/c1-16(2,3)22-15(21)19-17(9-10-20)8-7-13-12(11-17)5-4-6-14(13)18;1-5-17(19-15(20)21-16(2,3)4)10-9-13-12(11-17)7-6-8-14(13)18;5-4-2-1-3-6-4;1-2;/h4-6,20H,7-11H2,1-3H3,(H,19,21);5-8H,1,9-11H2,2-4H3,(H,19,20);4H,1-3H2;1H3;/q;;;-1;+1. The number of amides is 2. The maximum absolute atomic E-state index is 12.2. The topological polar surface area (TPSA) is 129 Å². The van der Waals surface area contributed by atoms with Crippen LogP contribution in [-0.2, 0) is 39.9 Å². The van der Waals surface area contributed by atoms with E-state index < -0.39 is 28.4 Å². The van der Waals surface area contributed by atoms with Crippen LogP contribution < -0.4 is 45.3 Å². The molecule has 13 heteroatoms. The molecule has 1 saturated heterocycles. The first kappa shape index (κ1) is 48.6. The molecule has 2 amide bonds. The maximum Gasteiger partial charge on any atom is 1.00 e. The third-order valence-electron chi connectivity index (χ3n) is 8.60. The fourth-order valence-electron chi connectivity index (χ4n) is 6.25. The van der Waals surface area contributed by atoms with Crippen molar-refractivity contribution in [3.8, 4) is 0 Å². The molecule has 1 aliphatic heterocycles. The number of hydrogen-bond donors (Lipinski definition) is 3. The summed E-state index contributed by atoms with van der Waals surface area (Å²) < 4.78 is 17.9. The van der Waals surface area contributed by atoms with Crippen molar-refractivity contribution in [1.29, 1.82) is 0 Å². The minimum Gasteiger partial charge on any atom is -0.857 e. The molecular formula is C39H56BBr2N2NaO7. The van der Waals surface area contributed by atoms with Crippen molar-refractivity contribution < 1.29 is 63.6 Å². The van der Waals surface area contributed by atoms with Gasteiger partial charge in [0.25, 0.3) is 0 Å². The van der Waals surface area contributed by atoms with Crippen LogP contribution in [-0.4, -0.2) is 73.7 Å². The Balaban J connectivity index is 0.000000423. The van der Waals surface area contributed by atoms with Crippen LogP contribution in [0.25, 0.3) is 0 Å². The van der Waals surface area contributed by atoms with Crippen molar-refractivity contribution in [3.63, 3.8) is 0 Å². The van der Waals surface area contributed by atoms with Crippen molar-refractivity contribution in [2.45, 2.75) is 128 Å². The molecule has 0 aromatic heterocycles. The predicted molar refractivity (Wildman–Crippen MR) is 209 cm³/mol. The van der Waals surface area contributed by atoms with E-state index in [9.17, 15) is 14.7 Å². The summed E-state index contributed by atoms with van der Waals surface area (Å²) in [4.78, 5) is 24.2. The Morgan fingerprint density at radius 2 is 1.44 bits per heavy atom. The van der Waals surface area contributed by atoms with Crippen molar-refractivity contribution in [1.82, 2.24) is 10.6 Å². The van der Waals surface area contributed by atoms with Crippen LogP contribution in [0, 0.1) is 0 Å². The fraction of sp³-hybridized carbons (Fsp3) is 0.590. The van der Waals surface area contributed by atoms with E-state index in [1.165, 1.54) is 22.3 Å². The molecular weight excluding hydrogens is 802 g/mol. The molecule has 1 fully saturated rings. The molecule has 0 spiro atoms. The smallest absolute Gasteiger partial charge is 0.857 e. The average Bonchev–Trinajstić information content (AvgIpc) is 3.52. The van der Waals surface area contributed by atoms with Crippen molar-refractivity contribution >= 4 is 51.9 Å². The zero-order chi connectivity index (χ0) is 38.5. The van der Waals surface area contributed by atoms with E-state index in [1.807, 2.05) is 65.8 Å². The molecule has 9 nitrogen and oxygen atoms in total. The summed E-state index contributed by atoms with van der Waals surface area (Å²) in [6, 6.07) is 12.4. The molecule has 3 atom stereocenters. The Morgan fingerprint density at radius 3 is 1.87 bits per heavy atom. The van der Waals surface area contributed by atoms with Gasteiger partial charge in [0.2, 0.25) is 0 Å². The quantitative estimate of drug-likeness (QED) is 0.304. The van der Waals surface area contributed by atoms with E-state index >= 15 is 0 Å². The first-order chi connectivity index (χ1) is 23.9. The molecule has 3 N–H and O–H groups in total. The zero-order valence-electron chi connectivity index (χ0n) is 32.3. The van der Waals surface area contributed by atoms with Gasteiger partial charge in [0, 0.05) is 33.7 Å². The number of aliphatic hydroxyl groups is 1. The van der Waals surface area contributed by atoms with Gasteiger partial charge in [-0.25, -0.2) is 9.59 Å². The molecule has 0 saturated carbocycles. The molecule has 2 aromatic rings. The first-order valence-corrected chi connectivity index (χ1v) is 19.0. The van der Waals surface area contributed by atoms with Crippen LogP contribution in [0.2, 0.25) is 0 Å². The summed E-state index contributed by atoms with van der Waals surface area (Å²) in [6.07, 6.45) is 8.57. The number of fused-ring (bicyclic) bond motifs is 2. The normalized spacial score (nSPS) is 21.6. The minimum atomic E-state index is -0.528. The summed E-state index contributed by atoms with van der Waals surface area (Å²) in [5.41, 5.74) is 3.17. The molecule has 5 rings (SSSR count). The van der Waals surface area contributed by atoms with Gasteiger partial charge in [0.1, 0.15) is 19.0 Å². The number of carbonyl (C=O) groups is 2. The summed E-state index contributed by atoms with van der Waals surface area (Å²) in [7, 11) is 6.06. The number of rotatable bonds is 5. The van der Waals surface area contributed by atoms with E-state index in [0.717, 1.165) is 67.6 Å². The predicted octanol–water partition coefficient (Wildman–Crippen LogP) is 4.24. The van der Waals surface area contributed by atoms with E-state index in [-0.39, 0.29) is 48.3 Å². The molecule has 52 heavy (non-hydrogen) atoms. The van der Waals surface area contributed by atoms with Gasteiger partial charge in [-0.2, -0.15) is 7.11 Å². The summed E-state index contributed by atoms with van der Waals surface area (Å²) in [5.74, 6) is 0. The Kier molecular flexibility index (Phi) is 20.8. The second-order valence-corrected chi connectivity index (χ2v) is 16.7. The summed E-state index contributed by atoms with van der Waals surface area (Å²) >= 11 is 7.18. The van der Waals surface area contributed by atoms with Gasteiger partial charge >= 0.3 is 41.7 Å². The Labute approximate surface area is 351 Å². The number of ether oxygens (including phenoxy) is 3. The third kappa shape index (κ3) is 16.2. The molecule has 282 valence electrons. The fourth-order valence-corrected chi connectivity index (χ4v) is 7.46. The van der Waals surface area contributed by atoms with Gasteiger partial charge in [0.05, 0.1) is 5.54 Å². The van der Waals surface area contributed by atoms with Crippen LogP contribution in [0.5, 0.6) is 0 Å². The van der Waals surface area contributed by atoms with Crippen LogP contribution in [0.3, 0.4) is 0 Å². The van der Waals surface area contributed by atoms with Crippen molar-refractivity contribution in [3.05, 3.63) is 80.3 Å². The Hall–Kier alpha value is -1.38. The Bertz CT molecular complexity index is 1450. The molecule has 1 heterocycles. The molecule has 0 bridgehead atoms. The largest absolute Gasteiger partial charge is 1.00 e. The van der Waals surface area contributed by atoms with Gasteiger partial charge in [0.15, 0.2) is 0 Å². The van der Waals surface area contributed by atoms with Gasteiger partial charge < -0.3 is 35.1 Å². The van der Waals surface area contributed by atoms with E-state index in [4.69, 9.17) is 27.2 Å². The molecule has 2 aliphatic carbocycles. The Morgan fingerprint density at radius 1 is 0.942 bits per heavy atom. The van der Waals surface area contributed by atoms with Gasteiger partial charge in [-0.05, 0) is 134 Å². The molecule has 3 aliphatic rings. The number of alkyl carbamates (subject to hydrolysis) is 2. The van der Waals surface area contributed by atoms with Gasteiger partial charge in [-0.1, -0.05) is 62.2 Å². The summed E-state index contributed by atoms with van der Waals surface area (Å²) in [5, 5.41) is 23.7. The third-order valence-corrected chi connectivity index (χ3v) is 10.1. The van der Waals surface area contributed by atoms with Crippen LogP contribution in [0.1, 0.15) is 95.9 Å². The van der Waals surface area contributed by atoms with E-state index in [1.54, 1.807) is 0 Å². The molecule has 3 unspecified atom stereocenters. The zero-order valence-corrected chi connectivity index (χ0v) is 37.5. The number of hydrogen-bond acceptors (Lipinski definition) is 7. The molecule has 2 radical (unpaired) electrons. The monoisotopic (exact) mass is 856 g/mol. The van der Waals surface area contributed by atoms with Crippen LogP contribution in [0.15, 0.2) is 58.0 Å². The van der Waals surface area contributed by atoms with E-state index in [2.05, 4.69) is 67.3 Å². The van der Waals surface area contributed by atoms with Crippen LogP contribution >= 0.6 is 31.9 Å². The maximum atomic E-state index is 12.2. The number of benzene rings is 2. The van der Waals surface area contributed by atoms with Crippen molar-refractivity contribution in [2.75, 3.05) is 20.3 Å². The van der Waals surface area contributed by atoms with Crippen molar-refractivity contribution in [2.24, 2.45) is 0 Å². The molecule has 2 aromatic carbocycles. The van der Waals surface area contributed by atoms with Crippen LogP contribution in [0.4, 0.5) is 9.59 Å². The number of carbonyl (C=O) groups excluding carboxylic acids is 2. The van der Waals surface area contributed by atoms with Gasteiger partial charge in [-0.15, -0.1) is 6.58 Å². The number of halogens is 2. The minimum absolute atomic E-state index is 0. The number of aliphatic hydroxyl groups excluding tert-OH is 1. The van der Waals surface area contributed by atoms with E-state index in [0.29, 0.717) is 12.8 Å². The second-order valence-electron chi connectivity index (χ2n) is 15.0. The number of nitrogens with one attached hydrogen (secondary N) is 2. The SMILES string of the molecule is C=CC1(NC(=O)OC(C)(C)C)CCc2c(Br)cccc2C1.CC(C)(C)OC(=O)NC1(CCO)CCc2c(Br)cccc2C1.C[O-].[B]C1CCCO1.[Na+].